The quantitative estimate of drug-likeness (QED) is 0.848. The lowest BCUT2D eigenvalue weighted by molar-refractivity contribution is 0.536. The van der Waals surface area contributed by atoms with Crippen LogP contribution < -0.4 is 10.6 Å². The third-order valence-corrected chi connectivity index (χ3v) is 4.46. The van der Waals surface area contributed by atoms with E-state index in [9.17, 15) is 0 Å². The zero-order chi connectivity index (χ0) is 14.7. The van der Waals surface area contributed by atoms with Gasteiger partial charge in [-0.25, -0.2) is 0 Å². The van der Waals surface area contributed by atoms with Crippen molar-refractivity contribution in [3.05, 3.63) is 28.8 Å². The van der Waals surface area contributed by atoms with Gasteiger partial charge in [0.2, 0.25) is 0 Å². The Morgan fingerprint density at radius 2 is 1.90 bits per heavy atom. The normalized spacial score (nSPS) is 17.7. The zero-order valence-corrected chi connectivity index (χ0v) is 13.7. The number of nitrogens with zero attached hydrogens (tertiary/aromatic N) is 1. The number of rotatable bonds is 5. The van der Waals surface area contributed by atoms with Gasteiger partial charge in [0.15, 0.2) is 0 Å². The van der Waals surface area contributed by atoms with Gasteiger partial charge in [-0.05, 0) is 43.4 Å². The van der Waals surface area contributed by atoms with E-state index in [1.54, 1.807) is 0 Å². The summed E-state index contributed by atoms with van der Waals surface area (Å²) in [6.07, 6.45) is 5.31. The van der Waals surface area contributed by atoms with Crippen LogP contribution in [-0.4, -0.2) is 12.6 Å². The number of nitrogens with two attached hydrogens (primary N) is 1. The Hall–Kier alpha value is -0.730. The lowest BCUT2D eigenvalue weighted by atomic mass is 10.1. The maximum Gasteiger partial charge on any atom is 0.0474 e. The largest absolute Gasteiger partial charge is 0.368 e. The summed E-state index contributed by atoms with van der Waals surface area (Å²) in [5.74, 6) is 0.655. The second kappa shape index (κ2) is 6.82. The van der Waals surface area contributed by atoms with E-state index in [0.717, 1.165) is 17.1 Å². The standard InChI is InChI=1S/C17H27ClN2/c1-12(2)11-20(14-6-4-5-7-14)15-8-9-16(13(3)19)17(18)10-15/h8-10,12-14H,4-7,11,19H2,1-3H3. The van der Waals surface area contributed by atoms with Crippen LogP contribution in [-0.2, 0) is 0 Å². The number of benzene rings is 1. The molecule has 3 heteroatoms. The number of halogens is 1. The molecule has 20 heavy (non-hydrogen) atoms. The highest BCUT2D eigenvalue weighted by molar-refractivity contribution is 6.31. The zero-order valence-electron chi connectivity index (χ0n) is 12.9. The monoisotopic (exact) mass is 294 g/mol. The van der Waals surface area contributed by atoms with Crippen molar-refractivity contribution in [2.45, 2.75) is 58.5 Å². The topological polar surface area (TPSA) is 29.3 Å². The van der Waals surface area contributed by atoms with Crippen LogP contribution in [0.3, 0.4) is 0 Å². The van der Waals surface area contributed by atoms with Crippen LogP contribution in [0.15, 0.2) is 18.2 Å². The van der Waals surface area contributed by atoms with Gasteiger partial charge in [-0.1, -0.05) is 44.4 Å². The summed E-state index contributed by atoms with van der Waals surface area (Å²) >= 11 is 6.41. The molecule has 1 saturated carbocycles. The third kappa shape index (κ3) is 3.67. The highest BCUT2D eigenvalue weighted by atomic mass is 35.5. The molecule has 0 radical (unpaired) electrons. The highest BCUT2D eigenvalue weighted by Crippen LogP contribution is 2.32. The van der Waals surface area contributed by atoms with Gasteiger partial charge in [0, 0.05) is 29.3 Å². The Labute approximate surface area is 128 Å². The van der Waals surface area contributed by atoms with Crippen LogP contribution in [0.5, 0.6) is 0 Å². The lowest BCUT2D eigenvalue weighted by Gasteiger charge is -2.33. The summed E-state index contributed by atoms with van der Waals surface area (Å²) in [4.78, 5) is 2.55. The molecule has 2 rings (SSSR count). The summed E-state index contributed by atoms with van der Waals surface area (Å²) < 4.78 is 0. The van der Waals surface area contributed by atoms with Crippen LogP contribution in [0, 0.1) is 5.92 Å². The molecule has 0 aromatic heterocycles. The number of anilines is 1. The predicted molar refractivity (Wildman–Crippen MR) is 88.5 cm³/mol. The van der Waals surface area contributed by atoms with Gasteiger partial charge in [0.05, 0.1) is 0 Å². The molecule has 2 N–H and O–H groups in total. The van der Waals surface area contributed by atoms with E-state index in [0.29, 0.717) is 12.0 Å². The van der Waals surface area contributed by atoms with Crippen LogP contribution in [0.1, 0.15) is 58.1 Å². The fourth-order valence-corrected chi connectivity index (χ4v) is 3.49. The summed E-state index contributed by atoms with van der Waals surface area (Å²) in [5, 5.41) is 0.796. The summed E-state index contributed by atoms with van der Waals surface area (Å²) in [5.41, 5.74) is 8.23. The minimum absolute atomic E-state index is 0.0124. The van der Waals surface area contributed by atoms with Crippen LogP contribution in [0.25, 0.3) is 0 Å². The molecule has 1 aliphatic rings. The molecule has 0 heterocycles. The van der Waals surface area contributed by atoms with Crippen molar-refractivity contribution < 1.29 is 0 Å². The predicted octanol–water partition coefficient (Wildman–Crippen LogP) is 4.76. The summed E-state index contributed by atoms with van der Waals surface area (Å²) in [7, 11) is 0. The molecule has 112 valence electrons. The second-order valence-corrected chi connectivity index (χ2v) is 6.89. The van der Waals surface area contributed by atoms with E-state index in [-0.39, 0.29) is 6.04 Å². The van der Waals surface area contributed by atoms with E-state index < -0.39 is 0 Å². The third-order valence-electron chi connectivity index (χ3n) is 4.13. The Bertz CT molecular complexity index is 437. The molecule has 0 amide bonds. The van der Waals surface area contributed by atoms with Gasteiger partial charge in [-0.2, -0.15) is 0 Å². The van der Waals surface area contributed by atoms with Crippen molar-refractivity contribution in [2.75, 3.05) is 11.4 Å². The molecule has 0 bridgehead atoms. The first kappa shape index (κ1) is 15.7. The van der Waals surface area contributed by atoms with Gasteiger partial charge < -0.3 is 10.6 Å². The van der Waals surface area contributed by atoms with Gasteiger partial charge in [-0.15, -0.1) is 0 Å². The van der Waals surface area contributed by atoms with Crippen LogP contribution >= 0.6 is 11.6 Å². The molecule has 1 aliphatic carbocycles. The molecule has 0 aliphatic heterocycles. The first-order valence-electron chi connectivity index (χ1n) is 7.80. The Morgan fingerprint density at radius 1 is 1.25 bits per heavy atom. The smallest absolute Gasteiger partial charge is 0.0474 e. The van der Waals surface area contributed by atoms with Crippen molar-refractivity contribution >= 4 is 17.3 Å². The molecule has 1 aromatic carbocycles. The van der Waals surface area contributed by atoms with Crippen molar-refractivity contribution in [1.82, 2.24) is 0 Å². The first-order chi connectivity index (χ1) is 9.49. The second-order valence-electron chi connectivity index (χ2n) is 6.48. The fourth-order valence-electron chi connectivity index (χ4n) is 3.14. The number of hydrogen-bond donors (Lipinski definition) is 1. The van der Waals surface area contributed by atoms with Gasteiger partial charge >= 0.3 is 0 Å². The maximum atomic E-state index is 6.41. The van der Waals surface area contributed by atoms with Crippen molar-refractivity contribution in [3.8, 4) is 0 Å². The average Bonchev–Trinajstić information content (AvgIpc) is 2.88. The molecular formula is C17H27ClN2. The highest BCUT2D eigenvalue weighted by Gasteiger charge is 2.24. The summed E-state index contributed by atoms with van der Waals surface area (Å²) in [6, 6.07) is 7.04. The average molecular weight is 295 g/mol. The van der Waals surface area contributed by atoms with Gasteiger partial charge in [-0.3, -0.25) is 0 Å². The van der Waals surface area contributed by atoms with Gasteiger partial charge in [0.1, 0.15) is 0 Å². The first-order valence-corrected chi connectivity index (χ1v) is 8.18. The van der Waals surface area contributed by atoms with Crippen LogP contribution in [0.4, 0.5) is 5.69 Å². The van der Waals surface area contributed by atoms with Gasteiger partial charge in [0.25, 0.3) is 0 Å². The fraction of sp³-hybridized carbons (Fsp3) is 0.647. The molecule has 1 aromatic rings. The van der Waals surface area contributed by atoms with Crippen molar-refractivity contribution in [3.63, 3.8) is 0 Å². The minimum Gasteiger partial charge on any atom is -0.368 e. The molecular weight excluding hydrogens is 268 g/mol. The van der Waals surface area contributed by atoms with E-state index >= 15 is 0 Å². The molecule has 0 spiro atoms. The Balaban J connectivity index is 2.25. The Kier molecular flexibility index (Phi) is 5.34. The van der Waals surface area contributed by atoms with E-state index in [4.69, 9.17) is 17.3 Å². The molecule has 1 fully saturated rings. The Morgan fingerprint density at radius 3 is 2.40 bits per heavy atom. The van der Waals surface area contributed by atoms with Crippen molar-refractivity contribution in [2.24, 2.45) is 11.7 Å². The van der Waals surface area contributed by atoms with E-state index in [1.165, 1.54) is 31.4 Å². The lowest BCUT2D eigenvalue weighted by Crippen LogP contribution is -2.36. The van der Waals surface area contributed by atoms with E-state index in [1.807, 2.05) is 6.92 Å². The molecule has 1 atom stereocenters. The molecule has 1 unspecified atom stereocenters. The summed E-state index contributed by atoms with van der Waals surface area (Å²) in [6.45, 7) is 7.63. The SMILES string of the molecule is CC(C)CN(c1ccc(C(C)N)c(Cl)c1)C1CCCC1. The van der Waals surface area contributed by atoms with Crippen LogP contribution in [0.2, 0.25) is 5.02 Å². The van der Waals surface area contributed by atoms with E-state index in [2.05, 4.69) is 36.9 Å². The minimum atomic E-state index is -0.0124. The maximum absolute atomic E-state index is 6.41. The number of hydrogen-bond acceptors (Lipinski definition) is 2. The molecule has 2 nitrogen and oxygen atoms in total. The molecule has 0 saturated heterocycles. The van der Waals surface area contributed by atoms with Crippen molar-refractivity contribution in [1.29, 1.82) is 0 Å².